The maximum absolute atomic E-state index is 4.72. The lowest BCUT2D eigenvalue weighted by Crippen LogP contribution is -2.04. The number of fused-ring (bicyclic) bond motifs is 1. The van der Waals surface area contributed by atoms with Crippen molar-refractivity contribution in [1.82, 2.24) is 15.3 Å². The van der Waals surface area contributed by atoms with Gasteiger partial charge in [0, 0.05) is 24.6 Å². The van der Waals surface area contributed by atoms with Crippen molar-refractivity contribution in [3.8, 4) is 0 Å². The highest BCUT2D eigenvalue weighted by atomic mass is 32.2. The number of nitrogens with zero attached hydrogens (tertiary/aromatic N) is 2. The molecular weight excluding hydrogens is 206 g/mol. The molecule has 1 N–H and O–H groups in total. The molecule has 15 heavy (non-hydrogen) atoms. The summed E-state index contributed by atoms with van der Waals surface area (Å²) < 4.78 is 0. The van der Waals surface area contributed by atoms with Crippen molar-refractivity contribution in [2.45, 2.75) is 37.6 Å². The van der Waals surface area contributed by atoms with Crippen molar-refractivity contribution >= 4 is 11.8 Å². The second-order valence-electron chi connectivity index (χ2n) is 4.26. The third-order valence-corrected chi connectivity index (χ3v) is 3.55. The first-order chi connectivity index (χ1) is 7.38. The first-order valence-corrected chi connectivity index (χ1v) is 6.86. The highest BCUT2D eigenvalue weighted by Crippen LogP contribution is 2.41. The molecule has 4 heteroatoms. The summed E-state index contributed by atoms with van der Waals surface area (Å²) in [5.41, 5.74) is 3.98. The Balaban J connectivity index is 2.02. The smallest absolute Gasteiger partial charge is 0.138 e. The van der Waals surface area contributed by atoms with E-state index >= 15 is 0 Å². The fraction of sp³-hybridized carbons (Fsp3) is 0.636. The Kier molecular flexibility index (Phi) is 2.41. The van der Waals surface area contributed by atoms with Gasteiger partial charge in [0.15, 0.2) is 0 Å². The second-order valence-corrected chi connectivity index (χ2v) is 5.13. The summed E-state index contributed by atoms with van der Waals surface area (Å²) in [5, 5.41) is 3.37. The van der Waals surface area contributed by atoms with Crippen molar-refractivity contribution in [3.63, 3.8) is 0 Å². The van der Waals surface area contributed by atoms with E-state index in [1.165, 1.54) is 29.8 Å². The van der Waals surface area contributed by atoms with E-state index in [4.69, 9.17) is 4.98 Å². The first-order valence-electron chi connectivity index (χ1n) is 5.46. The molecule has 1 aromatic rings. The largest absolute Gasteiger partial charge is 0.307 e. The predicted octanol–water partition coefficient (Wildman–Crippen LogP) is 1.82. The van der Waals surface area contributed by atoms with E-state index < -0.39 is 0 Å². The summed E-state index contributed by atoms with van der Waals surface area (Å²) in [6.45, 7) is 1.90. The lowest BCUT2D eigenvalue weighted by atomic mass is 10.1. The maximum atomic E-state index is 4.72. The summed E-state index contributed by atoms with van der Waals surface area (Å²) in [6, 6.07) is 0. The van der Waals surface area contributed by atoms with Gasteiger partial charge in [-0.1, -0.05) is 0 Å². The Labute approximate surface area is 94.1 Å². The van der Waals surface area contributed by atoms with E-state index in [9.17, 15) is 0 Å². The van der Waals surface area contributed by atoms with Crippen LogP contribution in [0, 0.1) is 0 Å². The molecule has 2 heterocycles. The molecule has 1 aliphatic heterocycles. The van der Waals surface area contributed by atoms with Gasteiger partial charge in [0.05, 0.1) is 17.1 Å². The van der Waals surface area contributed by atoms with Gasteiger partial charge in [-0.2, -0.15) is 11.8 Å². The van der Waals surface area contributed by atoms with Crippen LogP contribution in [0.3, 0.4) is 0 Å². The van der Waals surface area contributed by atoms with Crippen molar-refractivity contribution < 1.29 is 0 Å². The molecule has 0 radical (unpaired) electrons. The number of thioether (sulfide) groups is 1. The molecule has 1 aromatic heterocycles. The van der Waals surface area contributed by atoms with Gasteiger partial charge < -0.3 is 5.32 Å². The van der Waals surface area contributed by atoms with Crippen molar-refractivity contribution in [3.05, 3.63) is 22.8 Å². The molecule has 1 saturated carbocycles. The minimum Gasteiger partial charge on any atom is -0.307 e. The lowest BCUT2D eigenvalue weighted by Gasteiger charge is -2.07. The average molecular weight is 221 g/mol. The quantitative estimate of drug-likeness (QED) is 0.845. The molecule has 0 saturated heterocycles. The van der Waals surface area contributed by atoms with E-state index in [0.717, 1.165) is 30.6 Å². The van der Waals surface area contributed by atoms with Crippen molar-refractivity contribution in [1.29, 1.82) is 0 Å². The van der Waals surface area contributed by atoms with Crippen molar-refractivity contribution in [2.75, 3.05) is 6.26 Å². The molecule has 2 aliphatic rings. The number of rotatable bonds is 3. The third kappa shape index (κ3) is 1.76. The van der Waals surface area contributed by atoms with E-state index in [0.29, 0.717) is 0 Å². The number of nitrogens with one attached hydrogen (secondary N) is 1. The molecule has 0 atom stereocenters. The zero-order chi connectivity index (χ0) is 10.3. The van der Waals surface area contributed by atoms with Crippen LogP contribution in [0.2, 0.25) is 0 Å². The lowest BCUT2D eigenvalue weighted by molar-refractivity contribution is 0.755. The molecule has 1 fully saturated rings. The zero-order valence-electron chi connectivity index (χ0n) is 8.92. The van der Waals surface area contributed by atoms with Gasteiger partial charge in [-0.05, 0) is 19.1 Å². The van der Waals surface area contributed by atoms with E-state index in [1.807, 2.05) is 0 Å². The average Bonchev–Trinajstić information content (AvgIpc) is 2.97. The van der Waals surface area contributed by atoms with Crippen LogP contribution in [-0.4, -0.2) is 16.2 Å². The van der Waals surface area contributed by atoms with Gasteiger partial charge in [-0.15, -0.1) is 0 Å². The number of hydrogen-bond donors (Lipinski definition) is 1. The van der Waals surface area contributed by atoms with Crippen molar-refractivity contribution in [2.24, 2.45) is 0 Å². The fourth-order valence-corrected chi connectivity index (χ4v) is 2.52. The number of hydrogen-bond acceptors (Lipinski definition) is 4. The number of aromatic nitrogens is 2. The first kappa shape index (κ1) is 9.60. The topological polar surface area (TPSA) is 37.8 Å². The van der Waals surface area contributed by atoms with Gasteiger partial charge in [0.25, 0.3) is 0 Å². The molecule has 0 amide bonds. The molecule has 3 nitrogen and oxygen atoms in total. The maximum Gasteiger partial charge on any atom is 0.138 e. The summed E-state index contributed by atoms with van der Waals surface area (Å²) >= 11 is 1.80. The molecule has 80 valence electrons. The highest BCUT2D eigenvalue weighted by Gasteiger charge is 2.31. The van der Waals surface area contributed by atoms with Crippen LogP contribution in [0.5, 0.6) is 0 Å². The Morgan fingerprint density at radius 3 is 2.93 bits per heavy atom. The fourth-order valence-electron chi connectivity index (χ4n) is 2.14. The van der Waals surface area contributed by atoms with E-state index in [1.54, 1.807) is 11.8 Å². The van der Waals surface area contributed by atoms with Crippen LogP contribution in [0.15, 0.2) is 0 Å². The molecule has 0 spiro atoms. The second kappa shape index (κ2) is 3.76. The van der Waals surface area contributed by atoms with Crippen LogP contribution >= 0.6 is 11.8 Å². The highest BCUT2D eigenvalue weighted by molar-refractivity contribution is 7.97. The summed E-state index contributed by atoms with van der Waals surface area (Å²) in [6.07, 6.45) is 4.75. The normalized spacial score (nSPS) is 19.3. The molecule has 0 aromatic carbocycles. The van der Waals surface area contributed by atoms with Crippen LogP contribution in [-0.2, 0) is 18.8 Å². The van der Waals surface area contributed by atoms with Gasteiger partial charge in [-0.3, -0.25) is 0 Å². The third-order valence-electron chi connectivity index (χ3n) is 3.00. The van der Waals surface area contributed by atoms with Gasteiger partial charge >= 0.3 is 0 Å². The van der Waals surface area contributed by atoms with Crippen LogP contribution in [0.1, 0.15) is 41.5 Å². The minimum absolute atomic E-state index is 0.738. The SMILES string of the molecule is CSCc1nc2c(c(C3CC3)n1)CNC2. The summed E-state index contributed by atoms with van der Waals surface area (Å²) in [4.78, 5) is 9.34. The molecule has 3 rings (SSSR count). The van der Waals surface area contributed by atoms with Gasteiger partial charge in [0.2, 0.25) is 0 Å². The molecular formula is C11H15N3S. The molecule has 0 bridgehead atoms. The summed E-state index contributed by atoms with van der Waals surface area (Å²) in [7, 11) is 0. The van der Waals surface area contributed by atoms with Gasteiger partial charge in [0.1, 0.15) is 5.82 Å². The monoisotopic (exact) mass is 221 g/mol. The van der Waals surface area contributed by atoms with E-state index in [-0.39, 0.29) is 0 Å². The minimum atomic E-state index is 0.738. The predicted molar refractivity (Wildman–Crippen MR) is 61.8 cm³/mol. The van der Waals surface area contributed by atoms with E-state index in [2.05, 4.69) is 16.6 Å². The molecule has 1 aliphatic carbocycles. The Morgan fingerprint density at radius 1 is 1.33 bits per heavy atom. The molecule has 0 unspecified atom stereocenters. The Morgan fingerprint density at radius 2 is 2.20 bits per heavy atom. The zero-order valence-corrected chi connectivity index (χ0v) is 9.73. The van der Waals surface area contributed by atoms with Crippen LogP contribution in [0.4, 0.5) is 0 Å². The van der Waals surface area contributed by atoms with Gasteiger partial charge in [-0.25, -0.2) is 9.97 Å². The van der Waals surface area contributed by atoms with Crippen LogP contribution < -0.4 is 5.32 Å². The summed E-state index contributed by atoms with van der Waals surface area (Å²) in [5.74, 6) is 2.70. The van der Waals surface area contributed by atoms with Crippen LogP contribution in [0.25, 0.3) is 0 Å². The Bertz CT molecular complexity index is 388. The standard InChI is InChI=1S/C11H15N3S/c1-15-6-10-13-9-5-12-4-8(9)11(14-10)7-2-3-7/h7,12H,2-6H2,1H3. The Hall–Kier alpha value is -0.610.